The van der Waals surface area contributed by atoms with Gasteiger partial charge >= 0.3 is 12.1 Å². The van der Waals surface area contributed by atoms with Crippen LogP contribution in [-0.4, -0.2) is 35.2 Å². The SMILES string of the molecule is CC(C)[C@@H](NC(=O)OCc1ccccc1)C(=O)N[C@@H](Cc1ccc(OCc2ccccc2)cc1)C(=O)O. The number of ether oxygens (including phenoxy) is 2. The summed E-state index contributed by atoms with van der Waals surface area (Å²) in [7, 11) is 0. The topological polar surface area (TPSA) is 114 Å². The maximum atomic E-state index is 12.9. The Morgan fingerprint density at radius 3 is 1.86 bits per heavy atom. The molecule has 0 fully saturated rings. The highest BCUT2D eigenvalue weighted by molar-refractivity contribution is 5.89. The number of carbonyl (C=O) groups is 3. The van der Waals surface area contributed by atoms with Crippen LogP contribution in [0.5, 0.6) is 5.75 Å². The number of rotatable bonds is 12. The van der Waals surface area contributed by atoms with Crippen molar-refractivity contribution in [2.75, 3.05) is 0 Å². The molecule has 3 aromatic rings. The fourth-order valence-electron chi connectivity index (χ4n) is 3.59. The van der Waals surface area contributed by atoms with Gasteiger partial charge < -0.3 is 25.2 Å². The molecule has 2 amide bonds. The molecule has 0 aliphatic rings. The van der Waals surface area contributed by atoms with Crippen LogP contribution in [0.2, 0.25) is 0 Å². The summed E-state index contributed by atoms with van der Waals surface area (Å²) in [6, 6.07) is 23.8. The minimum atomic E-state index is -1.17. The van der Waals surface area contributed by atoms with E-state index in [1.807, 2.05) is 60.7 Å². The first-order chi connectivity index (χ1) is 17.8. The minimum Gasteiger partial charge on any atom is -0.489 e. The maximum Gasteiger partial charge on any atom is 0.408 e. The fourth-order valence-corrected chi connectivity index (χ4v) is 3.59. The zero-order chi connectivity index (χ0) is 26.6. The van der Waals surface area contributed by atoms with Crippen molar-refractivity contribution in [3.05, 3.63) is 102 Å². The fraction of sp³-hybridized carbons (Fsp3) is 0.276. The molecule has 37 heavy (non-hydrogen) atoms. The van der Waals surface area contributed by atoms with Crippen LogP contribution in [-0.2, 0) is 34.0 Å². The van der Waals surface area contributed by atoms with Crippen LogP contribution in [0.25, 0.3) is 0 Å². The molecule has 3 rings (SSSR count). The maximum absolute atomic E-state index is 12.9. The third-order valence-corrected chi connectivity index (χ3v) is 5.66. The van der Waals surface area contributed by atoms with Crippen LogP contribution in [0.15, 0.2) is 84.9 Å². The molecule has 0 unspecified atom stereocenters. The molecule has 3 aromatic carbocycles. The predicted octanol–water partition coefficient (Wildman–Crippen LogP) is 4.33. The molecule has 0 aromatic heterocycles. The first kappa shape index (κ1) is 27.3. The van der Waals surface area contributed by atoms with Gasteiger partial charge in [0.05, 0.1) is 0 Å². The number of carboxylic acids is 1. The van der Waals surface area contributed by atoms with Gasteiger partial charge in [0, 0.05) is 6.42 Å². The van der Waals surface area contributed by atoms with Gasteiger partial charge in [-0.25, -0.2) is 9.59 Å². The van der Waals surface area contributed by atoms with E-state index in [1.54, 1.807) is 38.1 Å². The molecule has 0 bridgehead atoms. The number of alkyl carbamates (subject to hydrolysis) is 1. The second-order valence-corrected chi connectivity index (χ2v) is 8.95. The Labute approximate surface area is 216 Å². The summed E-state index contributed by atoms with van der Waals surface area (Å²) in [5.74, 6) is -1.41. The summed E-state index contributed by atoms with van der Waals surface area (Å²) in [6.45, 7) is 3.99. The van der Waals surface area contributed by atoms with Crippen molar-refractivity contribution in [3.8, 4) is 5.75 Å². The Morgan fingerprint density at radius 2 is 1.32 bits per heavy atom. The van der Waals surface area contributed by atoms with E-state index >= 15 is 0 Å². The van der Waals surface area contributed by atoms with Crippen molar-refractivity contribution in [3.63, 3.8) is 0 Å². The van der Waals surface area contributed by atoms with Crippen molar-refractivity contribution in [1.82, 2.24) is 10.6 Å². The molecule has 8 nitrogen and oxygen atoms in total. The van der Waals surface area contributed by atoms with E-state index < -0.39 is 30.1 Å². The Hall–Kier alpha value is -4.33. The summed E-state index contributed by atoms with van der Waals surface area (Å²) in [4.78, 5) is 37.1. The molecular formula is C29H32N2O6. The van der Waals surface area contributed by atoms with Gasteiger partial charge in [0.2, 0.25) is 5.91 Å². The van der Waals surface area contributed by atoms with Crippen LogP contribution in [0, 0.1) is 5.92 Å². The van der Waals surface area contributed by atoms with Gasteiger partial charge in [0.25, 0.3) is 0 Å². The summed E-state index contributed by atoms with van der Waals surface area (Å²) in [5, 5.41) is 14.8. The molecule has 8 heteroatoms. The minimum absolute atomic E-state index is 0.0575. The Morgan fingerprint density at radius 1 is 0.757 bits per heavy atom. The van der Waals surface area contributed by atoms with E-state index in [1.165, 1.54) is 0 Å². The zero-order valence-electron chi connectivity index (χ0n) is 20.9. The van der Waals surface area contributed by atoms with Gasteiger partial charge in [-0.1, -0.05) is 86.6 Å². The van der Waals surface area contributed by atoms with E-state index in [2.05, 4.69) is 10.6 Å². The highest BCUT2D eigenvalue weighted by Crippen LogP contribution is 2.16. The standard InChI is InChI=1S/C29H32N2O6/c1-20(2)26(31-29(35)37-19-23-11-7-4-8-12-23)27(32)30-25(28(33)34)17-21-13-15-24(16-14-21)36-18-22-9-5-3-6-10-22/h3-16,20,25-26H,17-19H2,1-2H3,(H,30,32)(H,31,35)(H,33,34)/t25-,26+/m0/s1. The molecule has 0 spiro atoms. The lowest BCUT2D eigenvalue weighted by Crippen LogP contribution is -2.54. The van der Waals surface area contributed by atoms with Crippen molar-refractivity contribution < 1.29 is 29.0 Å². The third-order valence-electron chi connectivity index (χ3n) is 5.66. The van der Waals surface area contributed by atoms with Gasteiger partial charge in [-0.2, -0.15) is 0 Å². The number of benzene rings is 3. The van der Waals surface area contributed by atoms with Crippen LogP contribution >= 0.6 is 0 Å². The van der Waals surface area contributed by atoms with Gasteiger partial charge in [0.1, 0.15) is 31.0 Å². The summed E-state index contributed by atoms with van der Waals surface area (Å²) in [5.41, 5.74) is 2.57. The molecular weight excluding hydrogens is 472 g/mol. The number of aliphatic carboxylic acids is 1. The van der Waals surface area contributed by atoms with Gasteiger partial charge in [-0.05, 0) is 34.7 Å². The zero-order valence-corrected chi connectivity index (χ0v) is 20.9. The lowest BCUT2D eigenvalue weighted by molar-refractivity contribution is -0.142. The number of amides is 2. The molecule has 194 valence electrons. The quantitative estimate of drug-likeness (QED) is 0.338. The number of hydrogen-bond donors (Lipinski definition) is 3. The normalized spacial score (nSPS) is 12.3. The molecule has 2 atom stereocenters. The van der Waals surface area contributed by atoms with Crippen molar-refractivity contribution in [2.45, 2.75) is 45.6 Å². The molecule has 0 saturated heterocycles. The molecule has 0 radical (unpaired) electrons. The van der Waals surface area contributed by atoms with E-state index in [4.69, 9.17) is 9.47 Å². The average Bonchev–Trinajstić information content (AvgIpc) is 2.90. The van der Waals surface area contributed by atoms with Crippen molar-refractivity contribution in [1.29, 1.82) is 0 Å². The number of carbonyl (C=O) groups excluding carboxylic acids is 2. The second kappa shape index (κ2) is 13.7. The van der Waals surface area contributed by atoms with E-state index in [0.29, 0.717) is 12.4 Å². The molecule has 0 heterocycles. The van der Waals surface area contributed by atoms with E-state index in [9.17, 15) is 19.5 Å². The number of nitrogens with one attached hydrogen (secondary N) is 2. The summed E-state index contributed by atoms with van der Waals surface area (Å²) < 4.78 is 11.0. The molecule has 0 saturated carbocycles. The molecule has 0 aliphatic heterocycles. The number of carboxylic acid groups (broad SMARTS) is 1. The smallest absolute Gasteiger partial charge is 0.408 e. The van der Waals surface area contributed by atoms with Crippen LogP contribution in [0.3, 0.4) is 0 Å². The lowest BCUT2D eigenvalue weighted by atomic mass is 10.0. The summed E-state index contributed by atoms with van der Waals surface area (Å²) in [6.07, 6.45) is -0.681. The second-order valence-electron chi connectivity index (χ2n) is 8.95. The molecule has 3 N–H and O–H groups in total. The average molecular weight is 505 g/mol. The Bertz CT molecular complexity index is 1150. The van der Waals surface area contributed by atoms with Gasteiger partial charge in [-0.3, -0.25) is 4.79 Å². The highest BCUT2D eigenvalue weighted by atomic mass is 16.5. The number of hydrogen-bond acceptors (Lipinski definition) is 5. The third kappa shape index (κ3) is 9.00. The predicted molar refractivity (Wildman–Crippen MR) is 139 cm³/mol. The van der Waals surface area contributed by atoms with Crippen LogP contribution in [0.1, 0.15) is 30.5 Å². The van der Waals surface area contributed by atoms with Crippen LogP contribution < -0.4 is 15.4 Å². The van der Waals surface area contributed by atoms with Gasteiger partial charge in [-0.15, -0.1) is 0 Å². The molecule has 0 aliphatic carbocycles. The Kier molecular flexibility index (Phi) is 10.1. The summed E-state index contributed by atoms with van der Waals surface area (Å²) >= 11 is 0. The first-order valence-electron chi connectivity index (χ1n) is 12.1. The monoisotopic (exact) mass is 504 g/mol. The lowest BCUT2D eigenvalue weighted by Gasteiger charge is -2.24. The van der Waals surface area contributed by atoms with E-state index in [-0.39, 0.29) is 18.9 Å². The van der Waals surface area contributed by atoms with E-state index in [0.717, 1.165) is 16.7 Å². The Balaban J connectivity index is 1.54. The highest BCUT2D eigenvalue weighted by Gasteiger charge is 2.29. The first-order valence-corrected chi connectivity index (χ1v) is 12.1. The van der Waals surface area contributed by atoms with Crippen molar-refractivity contribution >= 4 is 18.0 Å². The largest absolute Gasteiger partial charge is 0.489 e. The van der Waals surface area contributed by atoms with Gasteiger partial charge in [0.15, 0.2) is 0 Å². The van der Waals surface area contributed by atoms with Crippen LogP contribution in [0.4, 0.5) is 4.79 Å². The van der Waals surface area contributed by atoms with Crippen molar-refractivity contribution in [2.24, 2.45) is 5.92 Å².